The molecule has 1 heterocycles. The van der Waals surface area contributed by atoms with Crippen molar-refractivity contribution in [1.29, 1.82) is 0 Å². The van der Waals surface area contributed by atoms with Crippen molar-refractivity contribution < 1.29 is 14.2 Å². The number of aliphatic imine (C=N–C) groups is 1. The molecule has 1 aromatic heterocycles. The molecule has 0 aliphatic carbocycles. The molecule has 8 nitrogen and oxygen atoms in total. The SMILES string of the molecule is CCNC(=NCc1ccc(C)cc1OCCCOC)NCc1c(C)nn(CCOC)c1C. The number of ether oxygens (including phenoxy) is 3. The Kier molecular flexibility index (Phi) is 11.0. The summed E-state index contributed by atoms with van der Waals surface area (Å²) in [7, 11) is 3.41. The molecule has 0 amide bonds. The molecular formula is C24H39N5O3. The maximum atomic E-state index is 6.00. The number of nitrogens with one attached hydrogen (secondary N) is 2. The molecule has 0 saturated heterocycles. The first-order valence-electron chi connectivity index (χ1n) is 11.2. The van der Waals surface area contributed by atoms with Crippen LogP contribution in [0.5, 0.6) is 5.75 Å². The third-order valence-corrected chi connectivity index (χ3v) is 5.20. The molecule has 0 fully saturated rings. The first-order valence-corrected chi connectivity index (χ1v) is 11.2. The molecule has 0 unspecified atom stereocenters. The highest BCUT2D eigenvalue weighted by molar-refractivity contribution is 5.79. The lowest BCUT2D eigenvalue weighted by atomic mass is 10.1. The molecule has 2 rings (SSSR count). The molecule has 178 valence electrons. The van der Waals surface area contributed by atoms with E-state index < -0.39 is 0 Å². The van der Waals surface area contributed by atoms with Crippen LogP contribution in [0.2, 0.25) is 0 Å². The molecule has 0 saturated carbocycles. The minimum atomic E-state index is 0.528. The predicted molar refractivity (Wildman–Crippen MR) is 128 cm³/mol. The number of guanidine groups is 1. The van der Waals surface area contributed by atoms with Crippen LogP contribution in [0.25, 0.3) is 0 Å². The zero-order chi connectivity index (χ0) is 23.3. The Hall–Kier alpha value is -2.58. The van der Waals surface area contributed by atoms with Gasteiger partial charge >= 0.3 is 0 Å². The van der Waals surface area contributed by atoms with Crippen LogP contribution in [0.1, 0.15) is 41.4 Å². The van der Waals surface area contributed by atoms with Crippen LogP contribution in [-0.2, 0) is 29.1 Å². The van der Waals surface area contributed by atoms with Gasteiger partial charge in [-0.15, -0.1) is 0 Å². The number of aryl methyl sites for hydroxylation is 2. The first-order chi connectivity index (χ1) is 15.5. The van der Waals surface area contributed by atoms with Crippen molar-refractivity contribution in [3.8, 4) is 5.75 Å². The zero-order valence-corrected chi connectivity index (χ0v) is 20.5. The fraction of sp³-hybridized carbons (Fsp3) is 0.583. The molecular weight excluding hydrogens is 406 g/mol. The van der Waals surface area contributed by atoms with Gasteiger partial charge in [0.25, 0.3) is 0 Å². The van der Waals surface area contributed by atoms with Gasteiger partial charge in [0.2, 0.25) is 0 Å². The topological polar surface area (TPSA) is 81.9 Å². The lowest BCUT2D eigenvalue weighted by Gasteiger charge is -2.14. The van der Waals surface area contributed by atoms with E-state index in [2.05, 4.69) is 54.7 Å². The van der Waals surface area contributed by atoms with E-state index in [0.29, 0.717) is 32.9 Å². The van der Waals surface area contributed by atoms with Gasteiger partial charge in [-0.05, 0) is 39.3 Å². The van der Waals surface area contributed by atoms with Crippen LogP contribution < -0.4 is 15.4 Å². The summed E-state index contributed by atoms with van der Waals surface area (Å²) in [6.45, 7) is 12.9. The van der Waals surface area contributed by atoms with Gasteiger partial charge in [0, 0.05) is 57.2 Å². The summed E-state index contributed by atoms with van der Waals surface area (Å²) >= 11 is 0. The molecule has 8 heteroatoms. The highest BCUT2D eigenvalue weighted by Crippen LogP contribution is 2.21. The molecule has 0 aliphatic heterocycles. The summed E-state index contributed by atoms with van der Waals surface area (Å²) in [6.07, 6.45) is 0.855. The number of rotatable bonds is 13. The molecule has 0 bridgehead atoms. The smallest absolute Gasteiger partial charge is 0.191 e. The predicted octanol–water partition coefficient (Wildman–Crippen LogP) is 3.13. The Morgan fingerprint density at radius 1 is 1.06 bits per heavy atom. The molecule has 1 aromatic carbocycles. The second-order valence-corrected chi connectivity index (χ2v) is 7.72. The molecule has 0 atom stereocenters. The van der Waals surface area contributed by atoms with Crippen LogP contribution in [0, 0.1) is 20.8 Å². The summed E-state index contributed by atoms with van der Waals surface area (Å²) in [5.74, 6) is 1.65. The summed E-state index contributed by atoms with van der Waals surface area (Å²) in [5.41, 5.74) is 5.58. The quantitative estimate of drug-likeness (QED) is 0.280. The highest BCUT2D eigenvalue weighted by Gasteiger charge is 2.12. The third-order valence-electron chi connectivity index (χ3n) is 5.20. The summed E-state index contributed by atoms with van der Waals surface area (Å²) < 4.78 is 18.3. The van der Waals surface area contributed by atoms with E-state index in [4.69, 9.17) is 19.2 Å². The normalized spacial score (nSPS) is 11.6. The van der Waals surface area contributed by atoms with E-state index in [-0.39, 0.29) is 0 Å². The zero-order valence-electron chi connectivity index (χ0n) is 20.5. The fourth-order valence-corrected chi connectivity index (χ4v) is 3.38. The average Bonchev–Trinajstić information content (AvgIpc) is 3.05. The van der Waals surface area contributed by atoms with E-state index >= 15 is 0 Å². The molecule has 32 heavy (non-hydrogen) atoms. The molecule has 2 N–H and O–H groups in total. The first kappa shape index (κ1) is 25.7. The highest BCUT2D eigenvalue weighted by atomic mass is 16.5. The van der Waals surface area contributed by atoms with E-state index in [0.717, 1.165) is 48.2 Å². The molecule has 2 aromatic rings. The Bertz CT molecular complexity index is 864. The average molecular weight is 446 g/mol. The van der Waals surface area contributed by atoms with Gasteiger partial charge < -0.3 is 24.8 Å². The number of aromatic nitrogens is 2. The van der Waals surface area contributed by atoms with Crippen molar-refractivity contribution in [2.75, 3.05) is 40.6 Å². The number of methoxy groups -OCH3 is 2. The third kappa shape index (κ3) is 7.84. The maximum Gasteiger partial charge on any atom is 0.191 e. The van der Waals surface area contributed by atoms with Gasteiger partial charge in [0.05, 0.1) is 32.0 Å². The van der Waals surface area contributed by atoms with Crippen LogP contribution in [0.4, 0.5) is 0 Å². The van der Waals surface area contributed by atoms with Gasteiger partial charge in [-0.2, -0.15) is 5.10 Å². The number of benzene rings is 1. The minimum Gasteiger partial charge on any atom is -0.493 e. The van der Waals surface area contributed by atoms with E-state index in [1.54, 1.807) is 14.2 Å². The fourth-order valence-electron chi connectivity index (χ4n) is 3.38. The van der Waals surface area contributed by atoms with Crippen molar-refractivity contribution in [2.45, 2.75) is 53.8 Å². The standard InChI is InChI=1S/C24H39N5O3/c1-7-25-24(27-17-22-19(3)28-29(20(22)4)11-14-31-6)26-16-21-10-9-18(2)15-23(21)32-13-8-12-30-5/h9-10,15H,7-8,11-14,16-17H2,1-6H3,(H2,25,26,27). The Morgan fingerprint density at radius 2 is 1.84 bits per heavy atom. The Labute approximate surface area is 192 Å². The van der Waals surface area contributed by atoms with Crippen molar-refractivity contribution in [2.24, 2.45) is 4.99 Å². The van der Waals surface area contributed by atoms with Crippen molar-refractivity contribution in [1.82, 2.24) is 20.4 Å². The van der Waals surface area contributed by atoms with E-state index in [1.807, 2.05) is 11.6 Å². The van der Waals surface area contributed by atoms with Gasteiger partial charge in [-0.1, -0.05) is 12.1 Å². The summed E-state index contributed by atoms with van der Waals surface area (Å²) in [4.78, 5) is 4.79. The lowest BCUT2D eigenvalue weighted by Crippen LogP contribution is -2.37. The monoisotopic (exact) mass is 445 g/mol. The number of hydrogen-bond acceptors (Lipinski definition) is 5. The Morgan fingerprint density at radius 3 is 2.56 bits per heavy atom. The van der Waals surface area contributed by atoms with Gasteiger partial charge in [0.15, 0.2) is 5.96 Å². The second-order valence-electron chi connectivity index (χ2n) is 7.72. The largest absolute Gasteiger partial charge is 0.493 e. The van der Waals surface area contributed by atoms with Crippen molar-refractivity contribution >= 4 is 5.96 Å². The number of hydrogen-bond donors (Lipinski definition) is 2. The van der Waals surface area contributed by atoms with Gasteiger partial charge in [-0.25, -0.2) is 4.99 Å². The van der Waals surface area contributed by atoms with E-state index in [1.165, 1.54) is 11.1 Å². The molecule has 0 spiro atoms. The van der Waals surface area contributed by atoms with Crippen LogP contribution in [-0.4, -0.2) is 56.3 Å². The second kappa shape index (κ2) is 13.8. The van der Waals surface area contributed by atoms with Crippen LogP contribution >= 0.6 is 0 Å². The van der Waals surface area contributed by atoms with E-state index in [9.17, 15) is 0 Å². The minimum absolute atomic E-state index is 0.528. The molecule has 0 radical (unpaired) electrons. The van der Waals surface area contributed by atoms with Crippen LogP contribution in [0.3, 0.4) is 0 Å². The molecule has 0 aliphatic rings. The Balaban J connectivity index is 2.07. The van der Waals surface area contributed by atoms with Gasteiger partial charge in [0.1, 0.15) is 5.75 Å². The summed E-state index contributed by atoms with van der Waals surface area (Å²) in [5, 5.41) is 11.4. The lowest BCUT2D eigenvalue weighted by molar-refractivity contribution is 0.172. The van der Waals surface area contributed by atoms with Crippen molar-refractivity contribution in [3.05, 3.63) is 46.3 Å². The van der Waals surface area contributed by atoms with Gasteiger partial charge in [-0.3, -0.25) is 4.68 Å². The van der Waals surface area contributed by atoms with Crippen LogP contribution in [0.15, 0.2) is 23.2 Å². The number of nitrogens with zero attached hydrogens (tertiary/aromatic N) is 3. The van der Waals surface area contributed by atoms with Crippen molar-refractivity contribution in [3.63, 3.8) is 0 Å². The summed E-state index contributed by atoms with van der Waals surface area (Å²) in [6, 6.07) is 6.25. The maximum absolute atomic E-state index is 6.00.